The molecule has 1 fully saturated rings. The Morgan fingerprint density at radius 3 is 2.59 bits per heavy atom. The monoisotopic (exact) mass is 303 g/mol. The molecule has 2 aliphatic heterocycles. The topological polar surface area (TPSA) is 64.1 Å². The van der Waals surface area contributed by atoms with E-state index < -0.39 is 5.97 Å². The van der Waals surface area contributed by atoms with Crippen LogP contribution in [0.3, 0.4) is 0 Å². The average molecular weight is 303 g/mol. The Bertz CT molecular complexity index is 602. The number of anilines is 1. The maximum Gasteiger partial charge on any atom is 0.325 e. The Hall–Kier alpha value is -2.08. The van der Waals surface area contributed by atoms with Crippen LogP contribution in [0.1, 0.15) is 11.1 Å². The Morgan fingerprint density at radius 1 is 1.14 bits per heavy atom. The third-order valence-corrected chi connectivity index (χ3v) is 4.45. The second-order valence-corrected chi connectivity index (χ2v) is 6.01. The Labute approximate surface area is 129 Å². The number of amides is 2. The molecule has 0 bridgehead atoms. The summed E-state index contributed by atoms with van der Waals surface area (Å²) in [6.45, 7) is 2.86. The van der Waals surface area contributed by atoms with E-state index in [2.05, 4.69) is 24.1 Å². The Morgan fingerprint density at radius 2 is 1.86 bits per heavy atom. The molecule has 1 aromatic carbocycles. The van der Waals surface area contributed by atoms with E-state index in [1.165, 1.54) is 16.0 Å². The van der Waals surface area contributed by atoms with Crippen molar-refractivity contribution in [3.05, 3.63) is 29.3 Å². The molecule has 1 aromatic rings. The number of fused-ring (bicyclic) bond motifs is 1. The summed E-state index contributed by atoms with van der Waals surface area (Å²) in [5, 5.41) is 8.85. The molecule has 2 amide bonds. The maximum absolute atomic E-state index is 12.3. The normalized spacial score (nSPS) is 19.2. The van der Waals surface area contributed by atoms with Crippen LogP contribution in [-0.2, 0) is 17.6 Å². The summed E-state index contributed by atoms with van der Waals surface area (Å²) in [4.78, 5) is 28.5. The first-order valence-electron chi connectivity index (χ1n) is 7.63. The first-order chi connectivity index (χ1) is 10.5. The molecule has 2 aliphatic rings. The van der Waals surface area contributed by atoms with Gasteiger partial charge in [0.05, 0.1) is 0 Å². The van der Waals surface area contributed by atoms with Crippen molar-refractivity contribution in [2.24, 2.45) is 0 Å². The van der Waals surface area contributed by atoms with Gasteiger partial charge < -0.3 is 14.9 Å². The van der Waals surface area contributed by atoms with Gasteiger partial charge in [0, 0.05) is 31.9 Å². The van der Waals surface area contributed by atoms with Crippen LogP contribution in [0.4, 0.5) is 10.5 Å². The highest BCUT2D eigenvalue weighted by atomic mass is 16.4. The number of hydrogen-bond donors (Lipinski definition) is 1. The van der Waals surface area contributed by atoms with Crippen molar-refractivity contribution < 1.29 is 14.7 Å². The van der Waals surface area contributed by atoms with Crippen LogP contribution < -0.4 is 4.90 Å². The van der Waals surface area contributed by atoms with Crippen molar-refractivity contribution in [3.63, 3.8) is 0 Å². The summed E-state index contributed by atoms with van der Waals surface area (Å²) in [5.74, 6) is -0.972. The highest BCUT2D eigenvalue weighted by Crippen LogP contribution is 2.25. The zero-order valence-corrected chi connectivity index (χ0v) is 12.8. The van der Waals surface area contributed by atoms with Gasteiger partial charge in [-0.2, -0.15) is 0 Å². The lowest BCUT2D eigenvalue weighted by Gasteiger charge is -2.19. The van der Waals surface area contributed by atoms with Gasteiger partial charge in [-0.05, 0) is 43.1 Å². The molecule has 6 heteroatoms. The molecule has 0 aromatic heterocycles. The van der Waals surface area contributed by atoms with E-state index >= 15 is 0 Å². The molecule has 2 heterocycles. The first-order valence-corrected chi connectivity index (χ1v) is 7.63. The van der Waals surface area contributed by atoms with E-state index in [0.717, 1.165) is 31.6 Å². The summed E-state index contributed by atoms with van der Waals surface area (Å²) in [6, 6.07) is 5.97. The van der Waals surface area contributed by atoms with Crippen LogP contribution in [0.2, 0.25) is 0 Å². The molecule has 0 saturated carbocycles. The lowest BCUT2D eigenvalue weighted by Crippen LogP contribution is -2.35. The quantitative estimate of drug-likeness (QED) is 0.906. The number of benzene rings is 1. The van der Waals surface area contributed by atoms with Gasteiger partial charge in [-0.25, -0.2) is 4.79 Å². The molecular formula is C16H21N3O3. The fourth-order valence-corrected chi connectivity index (χ4v) is 3.12. The van der Waals surface area contributed by atoms with Crippen molar-refractivity contribution >= 4 is 17.7 Å². The molecule has 0 spiro atoms. The van der Waals surface area contributed by atoms with Gasteiger partial charge in [-0.1, -0.05) is 6.07 Å². The summed E-state index contributed by atoms with van der Waals surface area (Å²) in [6.07, 6.45) is 2.02. The number of rotatable bonds is 3. The Balaban J connectivity index is 1.79. The molecule has 0 atom stereocenters. The van der Waals surface area contributed by atoms with Gasteiger partial charge in [-0.3, -0.25) is 9.69 Å². The third kappa shape index (κ3) is 2.92. The molecule has 6 nitrogen and oxygen atoms in total. The molecule has 118 valence electrons. The van der Waals surface area contributed by atoms with Crippen LogP contribution in [0.5, 0.6) is 0 Å². The lowest BCUT2D eigenvalue weighted by molar-refractivity contribution is -0.137. The highest BCUT2D eigenvalue weighted by molar-refractivity contribution is 5.95. The van der Waals surface area contributed by atoms with Crippen LogP contribution in [0.25, 0.3) is 0 Å². The zero-order valence-electron chi connectivity index (χ0n) is 12.8. The van der Waals surface area contributed by atoms with Gasteiger partial charge in [0.1, 0.15) is 6.54 Å². The standard InChI is InChI=1S/C16H21N3O3/c1-17-6-4-12-2-3-14(10-13(12)5-7-17)19-9-8-18(16(19)22)11-15(20)21/h2-3,10H,4-9,11H2,1H3,(H,20,21). The van der Waals surface area contributed by atoms with Crippen LogP contribution in [-0.4, -0.2) is 66.7 Å². The smallest absolute Gasteiger partial charge is 0.325 e. The second-order valence-electron chi connectivity index (χ2n) is 6.01. The fraction of sp³-hybridized carbons (Fsp3) is 0.500. The molecule has 1 saturated heterocycles. The number of carboxylic acids is 1. The number of carbonyl (C=O) groups excluding carboxylic acids is 1. The minimum Gasteiger partial charge on any atom is -0.480 e. The predicted octanol–water partition coefficient (Wildman–Crippen LogP) is 1.04. The summed E-state index contributed by atoms with van der Waals surface area (Å²) in [5.41, 5.74) is 3.52. The van der Waals surface area contributed by atoms with E-state index in [0.29, 0.717) is 13.1 Å². The number of likely N-dealkylation sites (N-methyl/N-ethyl adjacent to an activating group) is 1. The van der Waals surface area contributed by atoms with Crippen molar-refractivity contribution in [1.29, 1.82) is 0 Å². The van der Waals surface area contributed by atoms with E-state index in [1.54, 1.807) is 4.90 Å². The number of carbonyl (C=O) groups is 2. The van der Waals surface area contributed by atoms with Crippen LogP contribution in [0, 0.1) is 0 Å². The highest BCUT2D eigenvalue weighted by Gasteiger charge is 2.31. The van der Waals surface area contributed by atoms with Gasteiger partial charge in [-0.15, -0.1) is 0 Å². The summed E-state index contributed by atoms with van der Waals surface area (Å²) < 4.78 is 0. The number of carboxylic acid groups (broad SMARTS) is 1. The molecule has 22 heavy (non-hydrogen) atoms. The second kappa shape index (κ2) is 5.96. The van der Waals surface area contributed by atoms with Crippen molar-refractivity contribution in [3.8, 4) is 0 Å². The largest absolute Gasteiger partial charge is 0.480 e. The van der Waals surface area contributed by atoms with E-state index in [4.69, 9.17) is 5.11 Å². The number of nitrogens with zero attached hydrogens (tertiary/aromatic N) is 3. The van der Waals surface area contributed by atoms with Crippen molar-refractivity contribution in [1.82, 2.24) is 9.80 Å². The summed E-state index contributed by atoms with van der Waals surface area (Å²) >= 11 is 0. The van der Waals surface area contributed by atoms with Crippen LogP contribution >= 0.6 is 0 Å². The minimum atomic E-state index is -0.972. The lowest BCUT2D eigenvalue weighted by atomic mass is 10.0. The van der Waals surface area contributed by atoms with Gasteiger partial charge in [0.25, 0.3) is 0 Å². The number of hydrogen-bond acceptors (Lipinski definition) is 3. The van der Waals surface area contributed by atoms with Gasteiger partial charge >= 0.3 is 12.0 Å². The molecule has 0 radical (unpaired) electrons. The molecule has 0 aliphatic carbocycles. The number of urea groups is 1. The molecular weight excluding hydrogens is 282 g/mol. The van der Waals surface area contributed by atoms with E-state index in [-0.39, 0.29) is 12.6 Å². The molecule has 1 N–H and O–H groups in total. The average Bonchev–Trinajstić information content (AvgIpc) is 2.72. The molecule has 0 unspecified atom stereocenters. The fourth-order valence-electron chi connectivity index (χ4n) is 3.12. The maximum atomic E-state index is 12.3. The third-order valence-electron chi connectivity index (χ3n) is 4.45. The SMILES string of the molecule is CN1CCc2ccc(N3CCN(CC(=O)O)C3=O)cc2CC1. The zero-order chi connectivity index (χ0) is 15.7. The Kier molecular flexibility index (Phi) is 4.02. The van der Waals surface area contributed by atoms with E-state index in [1.807, 2.05) is 6.07 Å². The first kappa shape index (κ1) is 14.8. The summed E-state index contributed by atoms with van der Waals surface area (Å²) in [7, 11) is 2.13. The van der Waals surface area contributed by atoms with Crippen molar-refractivity contribution in [2.75, 3.05) is 44.7 Å². The van der Waals surface area contributed by atoms with Crippen molar-refractivity contribution in [2.45, 2.75) is 12.8 Å². The predicted molar refractivity (Wildman–Crippen MR) is 83.3 cm³/mol. The van der Waals surface area contributed by atoms with Gasteiger partial charge in [0.15, 0.2) is 0 Å². The van der Waals surface area contributed by atoms with Gasteiger partial charge in [0.2, 0.25) is 0 Å². The number of aliphatic carboxylic acids is 1. The van der Waals surface area contributed by atoms with Crippen LogP contribution in [0.15, 0.2) is 18.2 Å². The molecule has 3 rings (SSSR count). The minimum absolute atomic E-state index is 0.215. The van der Waals surface area contributed by atoms with E-state index in [9.17, 15) is 9.59 Å².